The smallest absolute Gasteiger partial charge is 0.748 e. The summed E-state index contributed by atoms with van der Waals surface area (Å²) in [5, 5.41) is 8.47. The molecule has 0 aromatic carbocycles. The van der Waals surface area contributed by atoms with Gasteiger partial charge in [-0.15, -0.1) is 0 Å². The molecule has 0 saturated carbocycles. The maximum Gasteiger partial charge on any atom is 1.00 e. The molecule has 0 bridgehead atoms. The van der Waals surface area contributed by atoms with Crippen LogP contribution >= 0.6 is 0 Å². The molecule has 1 N–H and O–H groups in total. The first-order valence-electron chi connectivity index (χ1n) is 9.00. The Kier molecular flexibility index (Phi) is 18.5. The van der Waals surface area contributed by atoms with Crippen LogP contribution in [0.1, 0.15) is 97.3 Å². The van der Waals surface area contributed by atoms with E-state index < -0.39 is 15.4 Å². The summed E-state index contributed by atoms with van der Waals surface area (Å²) in [5.74, 6) is 0. The third-order valence-corrected chi connectivity index (χ3v) is 5.47. The molecule has 0 aliphatic rings. The molecular weight excluding hydrogens is 323 g/mol. The van der Waals surface area contributed by atoms with Crippen molar-refractivity contribution in [3.05, 3.63) is 0 Å². The first-order valence-corrected chi connectivity index (χ1v) is 10.5. The largest absolute Gasteiger partial charge is 1.00 e. The van der Waals surface area contributed by atoms with Crippen molar-refractivity contribution in [1.29, 1.82) is 0 Å². The minimum absolute atomic E-state index is 0. The zero-order valence-electron chi connectivity index (χ0n) is 15.4. The van der Waals surface area contributed by atoms with E-state index in [-0.39, 0.29) is 35.7 Å². The third-order valence-electron chi connectivity index (χ3n) is 4.19. The summed E-state index contributed by atoms with van der Waals surface area (Å²) in [7, 11) is -4.13. The fraction of sp³-hybridized carbons (Fsp3) is 1.00. The van der Waals surface area contributed by atoms with Crippen LogP contribution in [-0.2, 0) is 10.1 Å². The van der Waals surface area contributed by atoms with Crippen LogP contribution in [-0.4, -0.2) is 29.4 Å². The second kappa shape index (κ2) is 16.3. The van der Waals surface area contributed by atoms with Gasteiger partial charge in [0.25, 0.3) is 0 Å². The van der Waals surface area contributed by atoms with Gasteiger partial charge < -0.3 is 9.66 Å². The standard InChI is InChI=1S/C17H36O4S.Na/c1-3-4-10-14-17(22(19,20)21)15-12-9-7-5-6-8-11-13-16(2)18;/h16-18H,3-15H2,1-2H3,(H,19,20,21);/q;+1/p-1. The van der Waals surface area contributed by atoms with Gasteiger partial charge in [-0.3, -0.25) is 0 Å². The van der Waals surface area contributed by atoms with Crippen LogP contribution in [0, 0.1) is 0 Å². The number of aliphatic hydroxyl groups is 1. The molecule has 0 aromatic heterocycles. The van der Waals surface area contributed by atoms with E-state index in [1.54, 1.807) is 0 Å². The summed E-state index contributed by atoms with van der Waals surface area (Å²) in [6.07, 6.45) is 12.1. The van der Waals surface area contributed by atoms with Crippen LogP contribution < -0.4 is 29.6 Å². The van der Waals surface area contributed by atoms with Crippen LogP contribution in [0.15, 0.2) is 0 Å². The van der Waals surface area contributed by atoms with Crippen LogP contribution in [0.4, 0.5) is 0 Å². The second-order valence-corrected chi connectivity index (χ2v) is 8.16. The molecule has 0 aliphatic carbocycles. The van der Waals surface area contributed by atoms with E-state index >= 15 is 0 Å². The quantitative estimate of drug-likeness (QED) is 0.272. The minimum atomic E-state index is -4.13. The van der Waals surface area contributed by atoms with Crippen molar-refractivity contribution in [3.8, 4) is 0 Å². The van der Waals surface area contributed by atoms with E-state index in [0.717, 1.165) is 64.2 Å². The molecule has 0 aliphatic heterocycles. The fourth-order valence-electron chi connectivity index (χ4n) is 2.75. The Balaban J connectivity index is 0. The van der Waals surface area contributed by atoms with Gasteiger partial charge in [0.15, 0.2) is 0 Å². The van der Waals surface area contributed by atoms with Crippen molar-refractivity contribution in [2.75, 3.05) is 0 Å². The van der Waals surface area contributed by atoms with Crippen LogP contribution in [0.5, 0.6) is 0 Å². The first kappa shape index (κ1) is 26.1. The minimum Gasteiger partial charge on any atom is -0.748 e. The summed E-state index contributed by atoms with van der Waals surface area (Å²) in [5.41, 5.74) is 0. The Hall–Kier alpha value is 0.870. The Morgan fingerprint density at radius 1 is 0.826 bits per heavy atom. The van der Waals surface area contributed by atoms with Gasteiger partial charge in [0.2, 0.25) is 0 Å². The summed E-state index contributed by atoms with van der Waals surface area (Å²) in [6.45, 7) is 3.89. The molecule has 0 spiro atoms. The Bertz CT molecular complexity index is 345. The number of hydrogen-bond acceptors (Lipinski definition) is 4. The molecule has 23 heavy (non-hydrogen) atoms. The monoisotopic (exact) mass is 358 g/mol. The predicted molar refractivity (Wildman–Crippen MR) is 90.9 cm³/mol. The van der Waals surface area contributed by atoms with Gasteiger partial charge in [-0.25, -0.2) is 8.42 Å². The molecule has 0 saturated heterocycles. The molecule has 0 rings (SSSR count). The SMILES string of the molecule is CCCCCC(CCCCCCCCCC(C)O)S(=O)(=O)[O-].[Na+]. The maximum absolute atomic E-state index is 11.2. The second-order valence-electron chi connectivity index (χ2n) is 6.51. The zero-order valence-corrected chi connectivity index (χ0v) is 18.2. The molecule has 0 radical (unpaired) electrons. The van der Waals surface area contributed by atoms with Crippen molar-refractivity contribution < 1.29 is 47.6 Å². The topological polar surface area (TPSA) is 77.4 Å². The number of aliphatic hydroxyl groups excluding tert-OH is 1. The van der Waals surface area contributed by atoms with Gasteiger partial charge in [0, 0.05) is 5.25 Å². The van der Waals surface area contributed by atoms with Gasteiger partial charge in [0.05, 0.1) is 16.2 Å². The van der Waals surface area contributed by atoms with Crippen LogP contribution in [0.3, 0.4) is 0 Å². The predicted octanol–water partition coefficient (Wildman–Crippen LogP) is 1.38. The first-order chi connectivity index (χ1) is 10.4. The number of hydrogen-bond donors (Lipinski definition) is 1. The van der Waals surface area contributed by atoms with Gasteiger partial charge in [-0.2, -0.15) is 0 Å². The number of rotatable bonds is 15. The summed E-state index contributed by atoms with van der Waals surface area (Å²) < 4.78 is 33.7. The van der Waals surface area contributed by atoms with E-state index in [0.29, 0.717) is 12.8 Å². The third kappa shape index (κ3) is 17.5. The average molecular weight is 359 g/mol. The molecule has 2 atom stereocenters. The van der Waals surface area contributed by atoms with Crippen molar-refractivity contribution in [3.63, 3.8) is 0 Å². The van der Waals surface area contributed by atoms with Gasteiger partial charge in [-0.1, -0.05) is 71.1 Å². The fourth-order valence-corrected chi connectivity index (χ4v) is 3.66. The summed E-state index contributed by atoms with van der Waals surface area (Å²) in [6, 6.07) is 0. The van der Waals surface area contributed by atoms with E-state index in [2.05, 4.69) is 6.92 Å². The summed E-state index contributed by atoms with van der Waals surface area (Å²) >= 11 is 0. The van der Waals surface area contributed by atoms with Crippen molar-refractivity contribution >= 4 is 10.1 Å². The van der Waals surface area contributed by atoms with Gasteiger partial charge in [-0.05, 0) is 26.2 Å². The van der Waals surface area contributed by atoms with Gasteiger partial charge in [0.1, 0.15) is 0 Å². The molecule has 6 heteroatoms. The Labute approximate surface area is 165 Å². The van der Waals surface area contributed by atoms with Crippen LogP contribution in [0.2, 0.25) is 0 Å². The maximum atomic E-state index is 11.2. The van der Waals surface area contributed by atoms with E-state index in [4.69, 9.17) is 5.11 Å². The molecule has 0 aromatic rings. The van der Waals surface area contributed by atoms with Crippen LogP contribution in [0.25, 0.3) is 0 Å². The van der Waals surface area contributed by atoms with Crippen molar-refractivity contribution in [1.82, 2.24) is 0 Å². The molecule has 0 fully saturated rings. The average Bonchev–Trinajstić information content (AvgIpc) is 2.42. The Morgan fingerprint density at radius 2 is 1.22 bits per heavy atom. The van der Waals surface area contributed by atoms with E-state index in [9.17, 15) is 13.0 Å². The summed E-state index contributed by atoms with van der Waals surface area (Å²) in [4.78, 5) is 0. The van der Waals surface area contributed by atoms with Crippen molar-refractivity contribution in [2.45, 2.75) is 109 Å². The molecule has 2 unspecified atom stereocenters. The molecular formula is C17H35NaO4S. The van der Waals surface area contributed by atoms with Gasteiger partial charge >= 0.3 is 29.6 Å². The molecule has 4 nitrogen and oxygen atoms in total. The van der Waals surface area contributed by atoms with E-state index in [1.165, 1.54) is 6.42 Å². The molecule has 0 heterocycles. The zero-order chi connectivity index (χ0) is 16.8. The number of unbranched alkanes of at least 4 members (excludes halogenated alkanes) is 8. The van der Waals surface area contributed by atoms with Crippen molar-refractivity contribution in [2.24, 2.45) is 0 Å². The normalized spacial score (nSPS) is 14.3. The molecule has 0 amide bonds. The van der Waals surface area contributed by atoms with E-state index in [1.807, 2.05) is 6.92 Å². The molecule has 134 valence electrons. The Morgan fingerprint density at radius 3 is 1.61 bits per heavy atom.